The summed E-state index contributed by atoms with van der Waals surface area (Å²) >= 11 is 0. The molecule has 3 N–H and O–H groups in total. The molecule has 0 saturated heterocycles. The smallest absolute Gasteiger partial charge is 0.333 e. The molecule has 2 atom stereocenters. The van der Waals surface area contributed by atoms with E-state index in [-0.39, 0.29) is 19.1 Å². The van der Waals surface area contributed by atoms with E-state index in [4.69, 9.17) is 10.5 Å². The van der Waals surface area contributed by atoms with Crippen molar-refractivity contribution in [1.29, 1.82) is 0 Å². The number of carboxylic acids is 1. The summed E-state index contributed by atoms with van der Waals surface area (Å²) in [7, 11) is 0. The average Bonchev–Trinajstić information content (AvgIpc) is 2.97. The van der Waals surface area contributed by atoms with Crippen LogP contribution in [0.1, 0.15) is 51.1 Å². The molecule has 0 spiro atoms. The van der Waals surface area contributed by atoms with Crippen molar-refractivity contribution in [3.8, 4) is 0 Å². The number of rotatable bonds is 9. The number of aromatic nitrogens is 2. The summed E-state index contributed by atoms with van der Waals surface area (Å²) in [6, 6.07) is -0.176. The van der Waals surface area contributed by atoms with Crippen LogP contribution in [0.15, 0.2) is 12.5 Å². The molecule has 2 rings (SSSR count). The maximum atomic E-state index is 11.3. The minimum absolute atomic E-state index is 0.176. The number of nitrogens with zero attached hydrogens (tertiary/aromatic N) is 2. The summed E-state index contributed by atoms with van der Waals surface area (Å²) in [5.74, 6) is -0.141. The molecule has 6 heteroatoms. The minimum atomic E-state index is -0.970. The van der Waals surface area contributed by atoms with Crippen LogP contribution < -0.4 is 5.73 Å². The molecule has 23 heavy (non-hydrogen) atoms. The predicted molar refractivity (Wildman–Crippen MR) is 88.1 cm³/mol. The van der Waals surface area contributed by atoms with Gasteiger partial charge in [0.05, 0.1) is 18.6 Å². The van der Waals surface area contributed by atoms with Gasteiger partial charge in [-0.25, -0.2) is 9.78 Å². The Morgan fingerprint density at radius 3 is 2.87 bits per heavy atom. The highest BCUT2D eigenvalue weighted by molar-refractivity contribution is 5.72. The molecule has 6 nitrogen and oxygen atoms in total. The Kier molecular flexibility index (Phi) is 7.05. The lowest BCUT2D eigenvalue weighted by Gasteiger charge is -2.21. The fraction of sp³-hybridized carbons (Fsp3) is 0.765. The van der Waals surface area contributed by atoms with Crippen LogP contribution >= 0.6 is 0 Å². The maximum Gasteiger partial charge on any atom is 0.333 e. The normalized spacial score (nSPS) is 18.7. The van der Waals surface area contributed by atoms with Crippen molar-refractivity contribution in [2.75, 3.05) is 6.61 Å². The number of hydrogen-bond acceptors (Lipinski definition) is 4. The maximum absolute atomic E-state index is 11.3. The summed E-state index contributed by atoms with van der Waals surface area (Å²) in [5.41, 5.74) is 6.37. The highest BCUT2D eigenvalue weighted by Gasteiger charge is 2.20. The van der Waals surface area contributed by atoms with E-state index < -0.39 is 12.1 Å². The summed E-state index contributed by atoms with van der Waals surface area (Å²) < 4.78 is 7.42. The second-order valence-electron chi connectivity index (χ2n) is 6.74. The van der Waals surface area contributed by atoms with Crippen molar-refractivity contribution in [1.82, 2.24) is 9.55 Å². The highest BCUT2D eigenvalue weighted by atomic mass is 16.5. The Morgan fingerprint density at radius 1 is 1.48 bits per heavy atom. The third kappa shape index (κ3) is 6.31. The van der Waals surface area contributed by atoms with Crippen LogP contribution in [0.3, 0.4) is 0 Å². The number of carboxylic acid groups (broad SMARTS) is 1. The van der Waals surface area contributed by atoms with Gasteiger partial charge in [-0.15, -0.1) is 0 Å². The zero-order valence-electron chi connectivity index (χ0n) is 14.0. The van der Waals surface area contributed by atoms with Crippen molar-refractivity contribution in [2.45, 2.75) is 70.6 Å². The van der Waals surface area contributed by atoms with E-state index in [0.29, 0.717) is 0 Å². The molecule has 1 aliphatic carbocycles. The minimum Gasteiger partial charge on any atom is -0.479 e. The van der Waals surface area contributed by atoms with Gasteiger partial charge in [0.1, 0.15) is 0 Å². The van der Waals surface area contributed by atoms with Crippen LogP contribution in [0.2, 0.25) is 0 Å². The van der Waals surface area contributed by atoms with Gasteiger partial charge in [0.2, 0.25) is 0 Å². The Hall–Kier alpha value is -1.40. The average molecular weight is 323 g/mol. The van der Waals surface area contributed by atoms with E-state index in [1.807, 2.05) is 6.20 Å². The van der Waals surface area contributed by atoms with E-state index in [0.717, 1.165) is 18.2 Å². The van der Waals surface area contributed by atoms with Gasteiger partial charge in [-0.2, -0.15) is 0 Å². The van der Waals surface area contributed by atoms with Gasteiger partial charge < -0.3 is 20.1 Å². The third-order valence-electron chi connectivity index (χ3n) is 4.44. The molecule has 0 bridgehead atoms. The number of aryl methyl sites for hydroxylation is 1. The summed E-state index contributed by atoms with van der Waals surface area (Å²) in [6.07, 6.45) is 11.1. The van der Waals surface area contributed by atoms with Gasteiger partial charge in [0.15, 0.2) is 6.10 Å². The lowest BCUT2D eigenvalue weighted by Crippen LogP contribution is -2.32. The zero-order chi connectivity index (χ0) is 16.7. The van der Waals surface area contributed by atoms with Crippen molar-refractivity contribution in [2.24, 2.45) is 11.7 Å². The van der Waals surface area contributed by atoms with E-state index in [9.17, 15) is 9.90 Å². The predicted octanol–water partition coefficient (Wildman–Crippen LogP) is 2.21. The second kappa shape index (κ2) is 9.03. The third-order valence-corrected chi connectivity index (χ3v) is 4.44. The first-order valence-corrected chi connectivity index (χ1v) is 8.65. The van der Waals surface area contributed by atoms with Gasteiger partial charge in [-0.05, 0) is 19.3 Å². The molecule has 1 aromatic heterocycles. The summed E-state index contributed by atoms with van der Waals surface area (Å²) in [5, 5.41) is 9.23. The molecule has 130 valence electrons. The number of ether oxygens (including phenoxy) is 1. The van der Waals surface area contributed by atoms with E-state index in [1.54, 1.807) is 13.3 Å². The van der Waals surface area contributed by atoms with Crippen LogP contribution in [0.4, 0.5) is 0 Å². The van der Waals surface area contributed by atoms with Crippen LogP contribution in [0.5, 0.6) is 0 Å². The number of aliphatic carboxylic acids is 1. The largest absolute Gasteiger partial charge is 0.479 e. The molecule has 0 radical (unpaired) electrons. The van der Waals surface area contributed by atoms with Crippen LogP contribution in [-0.2, 0) is 22.5 Å². The van der Waals surface area contributed by atoms with Crippen LogP contribution in [0.25, 0.3) is 0 Å². The topological polar surface area (TPSA) is 90.4 Å². The number of carbonyl (C=O) groups is 1. The molecule has 0 amide bonds. The summed E-state index contributed by atoms with van der Waals surface area (Å²) in [6.45, 7) is 2.98. The molecule has 0 aromatic carbocycles. The van der Waals surface area contributed by atoms with Gasteiger partial charge in [-0.1, -0.05) is 32.1 Å². The number of imidazole rings is 1. The lowest BCUT2D eigenvalue weighted by molar-refractivity contribution is -0.150. The first-order chi connectivity index (χ1) is 11.0. The van der Waals surface area contributed by atoms with Crippen molar-refractivity contribution >= 4 is 5.97 Å². The quantitative estimate of drug-likeness (QED) is 0.727. The molecule has 1 heterocycles. The monoisotopic (exact) mass is 323 g/mol. The first kappa shape index (κ1) is 17.9. The second-order valence-corrected chi connectivity index (χ2v) is 6.74. The van der Waals surface area contributed by atoms with Gasteiger partial charge in [-0.3, -0.25) is 0 Å². The van der Waals surface area contributed by atoms with Gasteiger partial charge in [0, 0.05) is 25.2 Å². The first-order valence-electron chi connectivity index (χ1n) is 8.65. The van der Waals surface area contributed by atoms with Gasteiger partial charge in [0.25, 0.3) is 0 Å². The summed E-state index contributed by atoms with van der Waals surface area (Å²) in [4.78, 5) is 15.6. The van der Waals surface area contributed by atoms with Crippen molar-refractivity contribution in [3.63, 3.8) is 0 Å². The van der Waals surface area contributed by atoms with Gasteiger partial charge >= 0.3 is 5.97 Å². The van der Waals surface area contributed by atoms with E-state index in [2.05, 4.69) is 9.55 Å². The number of hydrogen-bond donors (Lipinski definition) is 2. The van der Waals surface area contributed by atoms with E-state index >= 15 is 0 Å². The molecule has 1 fully saturated rings. The highest BCUT2D eigenvalue weighted by Crippen LogP contribution is 2.26. The van der Waals surface area contributed by atoms with Crippen LogP contribution in [0, 0.1) is 5.92 Å². The van der Waals surface area contributed by atoms with E-state index in [1.165, 1.54) is 38.5 Å². The molecule has 0 unspecified atom stereocenters. The van der Waals surface area contributed by atoms with Crippen molar-refractivity contribution in [3.05, 3.63) is 18.2 Å². The fourth-order valence-electron chi connectivity index (χ4n) is 3.12. The Morgan fingerprint density at radius 2 is 2.22 bits per heavy atom. The van der Waals surface area contributed by atoms with Crippen molar-refractivity contribution < 1.29 is 14.6 Å². The molecular weight excluding hydrogens is 294 g/mol. The van der Waals surface area contributed by atoms with Crippen LogP contribution in [-0.4, -0.2) is 39.4 Å². The molecule has 1 saturated carbocycles. The molecular formula is C17H29N3O3. The number of nitrogens with two attached hydrogens (primary N) is 1. The Balaban J connectivity index is 1.81. The SMILES string of the molecule is C[C@H](N)CO[C@@H](Cc1cn(CCC2CCCCC2)cn1)C(=O)O. The molecule has 1 aliphatic rings. The lowest BCUT2D eigenvalue weighted by atomic mass is 9.87. The Bertz CT molecular complexity index is 481. The standard InChI is InChI=1S/C17H29N3O3/c1-13(18)11-23-16(17(21)22)9-15-10-20(12-19-15)8-7-14-5-3-2-4-6-14/h10,12-14,16H,2-9,11,18H2,1H3,(H,21,22)/t13-,16-/m0/s1. The molecule has 0 aliphatic heterocycles. The fourth-order valence-corrected chi connectivity index (χ4v) is 3.12. The molecule has 1 aromatic rings. The Labute approximate surface area is 138 Å². The zero-order valence-corrected chi connectivity index (χ0v) is 14.0.